The first-order valence-electron chi connectivity index (χ1n) is 12.1. The lowest BCUT2D eigenvalue weighted by Crippen LogP contribution is -2.57. The molecule has 0 fully saturated rings. The van der Waals surface area contributed by atoms with E-state index in [-0.39, 0.29) is 50.7 Å². The molecule has 4 atom stereocenters. The Kier molecular flexibility index (Phi) is 17.4. The summed E-state index contributed by atoms with van der Waals surface area (Å²) in [5.41, 5.74) is 32.2. The first-order chi connectivity index (χ1) is 18.3. The van der Waals surface area contributed by atoms with Crippen LogP contribution in [0.1, 0.15) is 38.5 Å². The van der Waals surface area contributed by atoms with E-state index in [9.17, 15) is 29.1 Å². The van der Waals surface area contributed by atoms with Crippen molar-refractivity contribution >= 4 is 53.3 Å². The lowest BCUT2D eigenvalue weighted by Gasteiger charge is -2.24. The standard InChI is InChI=1S/C21H41N11O6S/c1-39-9-6-11(22)16(34)32-14(10-15(23)33)18(36)30-12(4-2-7-28-20(24)25)17(35)31-13(19(37)38)5-3-8-29-21(26)27/h11-14H,2-10,22H2,1H3,(H2,23,33)(H,30,36)(H,31,35)(H,32,34)(H,37,38)(H4,24,25,28)(H4,26,27,29)/t11-,12-,13-,14-/m0/s1. The molecule has 0 bridgehead atoms. The molecular formula is C21H41N11O6S. The van der Waals surface area contributed by atoms with Crippen LogP contribution in [0.3, 0.4) is 0 Å². The highest BCUT2D eigenvalue weighted by atomic mass is 32.2. The molecule has 0 saturated heterocycles. The lowest BCUT2D eigenvalue weighted by atomic mass is 10.1. The average Bonchev–Trinajstić information content (AvgIpc) is 2.84. The van der Waals surface area contributed by atoms with Gasteiger partial charge >= 0.3 is 5.97 Å². The Labute approximate surface area is 230 Å². The molecule has 0 heterocycles. The van der Waals surface area contributed by atoms with Gasteiger partial charge in [-0.15, -0.1) is 0 Å². The number of nitrogens with two attached hydrogens (primary N) is 6. The van der Waals surface area contributed by atoms with Crippen LogP contribution in [0.15, 0.2) is 9.98 Å². The van der Waals surface area contributed by atoms with Crippen LogP contribution >= 0.6 is 11.8 Å². The fourth-order valence-electron chi connectivity index (χ4n) is 3.14. The highest BCUT2D eigenvalue weighted by Gasteiger charge is 2.30. The van der Waals surface area contributed by atoms with Crippen molar-refractivity contribution in [3.63, 3.8) is 0 Å². The van der Waals surface area contributed by atoms with E-state index in [1.807, 2.05) is 6.26 Å². The number of carbonyl (C=O) groups excluding carboxylic acids is 4. The number of aliphatic imine (C=N–C) groups is 2. The number of thioether (sulfide) groups is 1. The molecule has 0 aromatic carbocycles. The van der Waals surface area contributed by atoms with Crippen molar-refractivity contribution in [2.75, 3.05) is 25.1 Å². The van der Waals surface area contributed by atoms with E-state index in [0.29, 0.717) is 12.2 Å². The molecule has 0 spiro atoms. The third-order valence-corrected chi connectivity index (χ3v) is 5.79. The monoisotopic (exact) mass is 575 g/mol. The number of carboxylic acids is 1. The molecular weight excluding hydrogens is 534 g/mol. The second kappa shape index (κ2) is 19.3. The molecule has 0 aliphatic rings. The Hall–Kier alpha value is -3.80. The van der Waals surface area contributed by atoms with E-state index < -0.39 is 60.2 Å². The van der Waals surface area contributed by atoms with Crippen molar-refractivity contribution in [1.29, 1.82) is 0 Å². The van der Waals surface area contributed by atoms with Gasteiger partial charge in [0.15, 0.2) is 11.9 Å². The van der Waals surface area contributed by atoms with Gasteiger partial charge in [0.25, 0.3) is 0 Å². The van der Waals surface area contributed by atoms with Crippen LogP contribution in [-0.4, -0.2) is 95.9 Å². The third kappa shape index (κ3) is 16.6. The highest BCUT2D eigenvalue weighted by molar-refractivity contribution is 7.98. The molecule has 16 N–H and O–H groups in total. The number of guanidine groups is 2. The summed E-state index contributed by atoms with van der Waals surface area (Å²) in [4.78, 5) is 69.3. The quantitative estimate of drug-likeness (QED) is 0.0373. The molecule has 0 aromatic rings. The number of amides is 4. The minimum absolute atomic E-state index is 0.000806. The Morgan fingerprint density at radius 2 is 1.21 bits per heavy atom. The number of carbonyl (C=O) groups is 5. The van der Waals surface area contributed by atoms with Gasteiger partial charge in [-0.25, -0.2) is 4.79 Å². The van der Waals surface area contributed by atoms with E-state index in [0.717, 1.165) is 0 Å². The first-order valence-corrected chi connectivity index (χ1v) is 13.4. The van der Waals surface area contributed by atoms with Gasteiger partial charge in [0.05, 0.1) is 12.5 Å². The topological polar surface area (TPSA) is 323 Å². The average molecular weight is 576 g/mol. The van der Waals surface area contributed by atoms with Gasteiger partial charge in [-0.3, -0.25) is 29.2 Å². The summed E-state index contributed by atoms with van der Waals surface area (Å²) in [6.45, 7) is 0.267. The van der Waals surface area contributed by atoms with Gasteiger partial charge in [0.1, 0.15) is 18.1 Å². The summed E-state index contributed by atoms with van der Waals surface area (Å²) in [5.74, 6) is -4.30. The van der Waals surface area contributed by atoms with Crippen LogP contribution in [0, 0.1) is 0 Å². The Bertz CT molecular complexity index is 894. The fraction of sp³-hybridized carbons (Fsp3) is 0.667. The molecule has 4 amide bonds. The molecule has 0 saturated carbocycles. The second-order valence-electron chi connectivity index (χ2n) is 8.48. The Morgan fingerprint density at radius 3 is 1.67 bits per heavy atom. The number of aliphatic carboxylic acids is 1. The second-order valence-corrected chi connectivity index (χ2v) is 9.46. The number of nitrogens with one attached hydrogen (secondary N) is 3. The number of rotatable bonds is 20. The lowest BCUT2D eigenvalue weighted by molar-refractivity contribution is -0.142. The molecule has 18 heteroatoms. The molecule has 0 aliphatic carbocycles. The fourth-order valence-corrected chi connectivity index (χ4v) is 3.63. The number of nitrogens with zero attached hydrogens (tertiary/aromatic N) is 2. The predicted molar refractivity (Wildman–Crippen MR) is 148 cm³/mol. The Morgan fingerprint density at radius 1 is 0.744 bits per heavy atom. The molecule has 0 radical (unpaired) electrons. The minimum atomic E-state index is -1.42. The maximum Gasteiger partial charge on any atom is 0.326 e. The summed E-state index contributed by atoms with van der Waals surface area (Å²) in [7, 11) is 0. The molecule has 0 aliphatic heterocycles. The van der Waals surface area contributed by atoms with E-state index in [4.69, 9.17) is 34.4 Å². The highest BCUT2D eigenvalue weighted by Crippen LogP contribution is 2.06. The molecule has 39 heavy (non-hydrogen) atoms. The third-order valence-electron chi connectivity index (χ3n) is 5.15. The summed E-state index contributed by atoms with van der Waals surface area (Å²) in [5, 5.41) is 16.7. The number of carboxylic acid groups (broad SMARTS) is 1. The largest absolute Gasteiger partial charge is 0.480 e. The molecule has 222 valence electrons. The molecule has 0 unspecified atom stereocenters. The van der Waals surface area contributed by atoms with E-state index in [2.05, 4.69) is 25.9 Å². The summed E-state index contributed by atoms with van der Waals surface area (Å²) >= 11 is 1.48. The van der Waals surface area contributed by atoms with Crippen LogP contribution in [0.4, 0.5) is 0 Å². The van der Waals surface area contributed by atoms with Crippen LogP contribution in [0.25, 0.3) is 0 Å². The first kappa shape index (κ1) is 35.2. The van der Waals surface area contributed by atoms with Crippen molar-refractivity contribution in [2.24, 2.45) is 44.4 Å². The van der Waals surface area contributed by atoms with Crippen LogP contribution in [0.2, 0.25) is 0 Å². The van der Waals surface area contributed by atoms with Crippen molar-refractivity contribution in [2.45, 2.75) is 62.7 Å². The summed E-state index contributed by atoms with van der Waals surface area (Å²) < 4.78 is 0. The SMILES string of the molecule is CSCC[C@H](N)C(=O)N[C@@H](CC(N)=O)C(=O)N[C@@H](CCCN=C(N)N)C(=O)N[C@@H](CCCN=C(N)N)C(=O)O. The minimum Gasteiger partial charge on any atom is -0.480 e. The molecule has 0 aromatic heterocycles. The number of hydrogen-bond acceptors (Lipinski definition) is 9. The maximum atomic E-state index is 13.0. The van der Waals surface area contributed by atoms with Gasteiger partial charge in [0, 0.05) is 13.1 Å². The van der Waals surface area contributed by atoms with Gasteiger partial charge in [0.2, 0.25) is 23.6 Å². The van der Waals surface area contributed by atoms with Crippen molar-refractivity contribution in [3.8, 4) is 0 Å². The number of primary amides is 1. The normalized spacial score (nSPS) is 13.6. The predicted octanol–water partition coefficient (Wildman–Crippen LogP) is -4.41. The van der Waals surface area contributed by atoms with Crippen LogP contribution in [0.5, 0.6) is 0 Å². The molecule has 0 rings (SSSR count). The smallest absolute Gasteiger partial charge is 0.326 e. The van der Waals surface area contributed by atoms with Crippen molar-refractivity contribution < 1.29 is 29.1 Å². The summed E-state index contributed by atoms with van der Waals surface area (Å²) in [6, 6.07) is -4.92. The zero-order valence-corrected chi connectivity index (χ0v) is 22.7. The Balaban J connectivity index is 5.63. The van der Waals surface area contributed by atoms with Crippen molar-refractivity contribution in [1.82, 2.24) is 16.0 Å². The van der Waals surface area contributed by atoms with Crippen molar-refractivity contribution in [3.05, 3.63) is 0 Å². The van der Waals surface area contributed by atoms with Crippen LogP contribution < -0.4 is 50.4 Å². The molecule has 17 nitrogen and oxygen atoms in total. The van der Waals surface area contributed by atoms with Crippen LogP contribution in [-0.2, 0) is 24.0 Å². The number of hydrogen-bond donors (Lipinski definition) is 10. The maximum absolute atomic E-state index is 13.0. The van der Waals surface area contributed by atoms with E-state index in [1.54, 1.807) is 0 Å². The van der Waals surface area contributed by atoms with Gasteiger partial charge in [-0.05, 0) is 44.1 Å². The zero-order chi connectivity index (χ0) is 30.0. The summed E-state index contributed by atoms with van der Waals surface area (Å²) in [6.07, 6.45) is 2.08. The van der Waals surface area contributed by atoms with Gasteiger partial charge in [-0.1, -0.05) is 0 Å². The zero-order valence-electron chi connectivity index (χ0n) is 21.9. The van der Waals surface area contributed by atoms with E-state index in [1.165, 1.54) is 11.8 Å². The van der Waals surface area contributed by atoms with Gasteiger partial charge < -0.3 is 55.5 Å². The van der Waals surface area contributed by atoms with E-state index >= 15 is 0 Å². The van der Waals surface area contributed by atoms with Gasteiger partial charge in [-0.2, -0.15) is 11.8 Å².